The van der Waals surface area contributed by atoms with Crippen molar-refractivity contribution in [1.29, 1.82) is 0 Å². The molecule has 1 aromatic heterocycles. The lowest BCUT2D eigenvalue weighted by Gasteiger charge is -2.23. The van der Waals surface area contributed by atoms with Gasteiger partial charge in [-0.1, -0.05) is 36.4 Å². The molecule has 2 atom stereocenters. The van der Waals surface area contributed by atoms with Crippen LogP contribution in [0.3, 0.4) is 0 Å². The predicted octanol–water partition coefficient (Wildman–Crippen LogP) is 0.330. The van der Waals surface area contributed by atoms with Crippen LogP contribution in [0.1, 0.15) is 16.5 Å². The van der Waals surface area contributed by atoms with E-state index in [1.165, 1.54) is 9.78 Å². The first-order chi connectivity index (χ1) is 12.0. The lowest BCUT2D eigenvalue weighted by atomic mass is 10.1. The van der Waals surface area contributed by atoms with E-state index in [4.69, 9.17) is 5.73 Å². The predicted molar refractivity (Wildman–Crippen MR) is 99.5 cm³/mol. The number of carbonyl (C=O) groups is 2. The summed E-state index contributed by atoms with van der Waals surface area (Å²) in [4.78, 5) is 26.3. The van der Waals surface area contributed by atoms with E-state index in [0.717, 1.165) is 5.56 Å². The molecule has 134 valence electrons. The second kappa shape index (κ2) is 9.19. The molecular weight excluding hydrogens is 336 g/mol. The Kier molecular flexibility index (Phi) is 6.97. The number of quaternary nitrogens is 1. The number of nitrogens with two attached hydrogens (primary N) is 1. The lowest BCUT2D eigenvalue weighted by Crippen LogP contribution is -3.07. The van der Waals surface area contributed by atoms with Crippen LogP contribution in [-0.2, 0) is 11.2 Å². The first-order valence-corrected chi connectivity index (χ1v) is 9.06. The minimum Gasteiger partial charge on any atom is -0.352 e. The van der Waals surface area contributed by atoms with Gasteiger partial charge in [0.15, 0.2) is 0 Å². The Hall–Kier alpha value is -2.38. The normalized spacial score (nSPS) is 13.2. The monoisotopic (exact) mass is 361 g/mol. The van der Waals surface area contributed by atoms with Gasteiger partial charge >= 0.3 is 6.03 Å². The zero-order chi connectivity index (χ0) is 18.2. The van der Waals surface area contributed by atoms with E-state index in [2.05, 4.69) is 30.8 Å². The zero-order valence-corrected chi connectivity index (χ0v) is 15.3. The highest BCUT2D eigenvalue weighted by Crippen LogP contribution is 2.15. The Morgan fingerprint density at radius 1 is 1.16 bits per heavy atom. The summed E-state index contributed by atoms with van der Waals surface area (Å²) in [6, 6.07) is 12.4. The maximum Gasteiger partial charge on any atom is 0.312 e. The Morgan fingerprint density at radius 2 is 1.88 bits per heavy atom. The summed E-state index contributed by atoms with van der Waals surface area (Å²) in [5.74, 6) is -0.231. The molecule has 0 spiro atoms. The van der Waals surface area contributed by atoms with Gasteiger partial charge in [0.1, 0.15) is 12.1 Å². The third kappa shape index (κ3) is 5.88. The van der Waals surface area contributed by atoms with E-state index in [0.29, 0.717) is 13.0 Å². The minimum absolute atomic E-state index is 0.162. The molecule has 2 aromatic rings. The van der Waals surface area contributed by atoms with Crippen LogP contribution in [0.5, 0.6) is 0 Å². The molecule has 0 aliphatic heterocycles. The topological polar surface area (TPSA) is 88.7 Å². The molecule has 0 aliphatic rings. The summed E-state index contributed by atoms with van der Waals surface area (Å²) >= 11 is 1.67. The fourth-order valence-electron chi connectivity index (χ4n) is 2.64. The van der Waals surface area contributed by atoms with E-state index in [-0.39, 0.29) is 11.9 Å². The first kappa shape index (κ1) is 19.0. The van der Waals surface area contributed by atoms with Crippen LogP contribution in [0.15, 0.2) is 47.8 Å². The van der Waals surface area contributed by atoms with Crippen LogP contribution in [0.2, 0.25) is 0 Å². The quantitative estimate of drug-likeness (QED) is 0.546. The number of hydrogen-bond donors (Lipinski definition) is 4. The molecule has 0 fully saturated rings. The smallest absolute Gasteiger partial charge is 0.312 e. The Balaban J connectivity index is 2.01. The van der Waals surface area contributed by atoms with Gasteiger partial charge in [-0.25, -0.2) is 4.79 Å². The highest BCUT2D eigenvalue weighted by Gasteiger charge is 2.24. The van der Waals surface area contributed by atoms with Crippen molar-refractivity contribution >= 4 is 23.3 Å². The molecule has 0 unspecified atom stereocenters. The van der Waals surface area contributed by atoms with E-state index < -0.39 is 12.1 Å². The molecule has 5 N–H and O–H groups in total. The van der Waals surface area contributed by atoms with Crippen molar-refractivity contribution in [3.8, 4) is 0 Å². The molecule has 0 radical (unpaired) electrons. The molecule has 3 amide bonds. The maximum atomic E-state index is 12.6. The fraction of sp³-hybridized carbons (Fsp3) is 0.333. The number of thiophene rings is 1. The Bertz CT molecular complexity index is 674. The van der Waals surface area contributed by atoms with Crippen molar-refractivity contribution in [3.63, 3.8) is 0 Å². The van der Waals surface area contributed by atoms with Crippen molar-refractivity contribution in [3.05, 3.63) is 58.3 Å². The van der Waals surface area contributed by atoms with Gasteiger partial charge < -0.3 is 21.3 Å². The molecule has 0 aliphatic carbocycles. The van der Waals surface area contributed by atoms with Gasteiger partial charge in [0.2, 0.25) is 5.91 Å². The van der Waals surface area contributed by atoms with Crippen LogP contribution < -0.4 is 21.3 Å². The van der Waals surface area contributed by atoms with E-state index in [9.17, 15) is 9.59 Å². The van der Waals surface area contributed by atoms with Crippen LogP contribution in [0, 0.1) is 0 Å². The van der Waals surface area contributed by atoms with E-state index in [1.807, 2.05) is 41.8 Å². The van der Waals surface area contributed by atoms with Gasteiger partial charge in [0.25, 0.3) is 0 Å². The van der Waals surface area contributed by atoms with Gasteiger partial charge in [-0.05, 0) is 17.0 Å². The average molecular weight is 361 g/mol. The van der Waals surface area contributed by atoms with Gasteiger partial charge in [-0.2, -0.15) is 0 Å². The summed E-state index contributed by atoms with van der Waals surface area (Å²) in [6.07, 6.45) is 0.397. The Morgan fingerprint density at radius 3 is 2.44 bits per heavy atom. The molecule has 0 saturated carbocycles. The lowest BCUT2D eigenvalue weighted by molar-refractivity contribution is -0.890. The highest BCUT2D eigenvalue weighted by molar-refractivity contribution is 7.10. The zero-order valence-electron chi connectivity index (χ0n) is 14.5. The summed E-state index contributed by atoms with van der Waals surface area (Å²) < 4.78 is 0. The third-order valence-electron chi connectivity index (χ3n) is 3.98. The minimum atomic E-state index is -0.705. The molecule has 0 saturated heterocycles. The molecular formula is C18H25N4O2S+. The molecule has 6 nitrogen and oxygen atoms in total. The van der Waals surface area contributed by atoms with Crippen molar-refractivity contribution in [2.24, 2.45) is 5.73 Å². The number of rotatable bonds is 8. The highest BCUT2D eigenvalue weighted by atomic mass is 32.1. The summed E-state index contributed by atoms with van der Waals surface area (Å²) in [6.45, 7) is 0.493. The number of nitrogens with one attached hydrogen (secondary N) is 3. The number of benzene rings is 1. The van der Waals surface area contributed by atoms with Crippen LogP contribution in [0.25, 0.3) is 0 Å². The number of primary amides is 1. The molecule has 2 rings (SSSR count). The number of amides is 3. The van der Waals surface area contributed by atoms with E-state index in [1.54, 1.807) is 11.3 Å². The van der Waals surface area contributed by atoms with Crippen molar-refractivity contribution in [1.82, 2.24) is 10.6 Å². The van der Waals surface area contributed by atoms with E-state index >= 15 is 0 Å². The number of likely N-dealkylation sites (N-methyl/N-ethyl adjacent to an activating group) is 1. The third-order valence-corrected chi connectivity index (χ3v) is 4.97. The number of hydrogen-bond acceptors (Lipinski definition) is 3. The van der Waals surface area contributed by atoms with Crippen molar-refractivity contribution in [2.45, 2.75) is 18.5 Å². The molecule has 25 heavy (non-hydrogen) atoms. The average Bonchev–Trinajstić information content (AvgIpc) is 3.08. The van der Waals surface area contributed by atoms with Gasteiger partial charge in [-0.3, -0.25) is 4.79 Å². The largest absolute Gasteiger partial charge is 0.352 e. The number of urea groups is 1. The standard InChI is InChI=1S/C18H24N4O2S/c1-22(2)15(16-9-6-10-25-16)12-20-17(23)14(21-18(19)24)11-13-7-4-3-5-8-13/h3-10,14-15H,11-12H2,1-2H3,(H,20,23)(H3,19,21,24)/p+1/t14-,15-/m0/s1. The SMILES string of the molecule is C[NH+](C)[C@@H](CNC(=O)[C@H](Cc1ccccc1)NC(N)=O)c1cccs1. The molecule has 7 heteroatoms. The van der Waals surface area contributed by atoms with Gasteiger partial charge in [-0.15, -0.1) is 11.3 Å². The van der Waals surface area contributed by atoms with Gasteiger partial charge in [0, 0.05) is 6.42 Å². The Labute approximate surface area is 152 Å². The van der Waals surface area contributed by atoms with Crippen LogP contribution >= 0.6 is 11.3 Å². The van der Waals surface area contributed by atoms with Gasteiger partial charge in [0.05, 0.1) is 25.5 Å². The summed E-state index contributed by atoms with van der Waals surface area (Å²) in [5.41, 5.74) is 6.20. The summed E-state index contributed by atoms with van der Waals surface area (Å²) in [5, 5.41) is 7.52. The summed E-state index contributed by atoms with van der Waals surface area (Å²) in [7, 11) is 4.11. The van der Waals surface area contributed by atoms with Crippen molar-refractivity contribution in [2.75, 3.05) is 20.6 Å². The maximum absolute atomic E-state index is 12.6. The second-order valence-corrected chi connectivity index (χ2v) is 7.12. The van der Waals surface area contributed by atoms with Crippen LogP contribution in [0.4, 0.5) is 4.79 Å². The second-order valence-electron chi connectivity index (χ2n) is 6.14. The fourth-order valence-corrected chi connectivity index (χ4v) is 3.59. The molecule has 1 heterocycles. The van der Waals surface area contributed by atoms with Crippen LogP contribution in [-0.4, -0.2) is 38.6 Å². The number of carbonyl (C=O) groups excluding carboxylic acids is 2. The molecule has 1 aromatic carbocycles. The van der Waals surface area contributed by atoms with Crippen molar-refractivity contribution < 1.29 is 14.5 Å². The first-order valence-electron chi connectivity index (χ1n) is 8.18. The molecule has 0 bridgehead atoms.